The fourth-order valence-electron chi connectivity index (χ4n) is 4.07. The van der Waals surface area contributed by atoms with Gasteiger partial charge in [-0.25, -0.2) is 0 Å². The highest BCUT2D eigenvalue weighted by atomic mass is 35.5. The minimum atomic E-state index is -0.533. The first-order valence-electron chi connectivity index (χ1n) is 10.8. The Morgan fingerprint density at radius 1 is 1.10 bits per heavy atom. The molecule has 0 saturated heterocycles. The Bertz CT molecular complexity index is 994. The third-order valence-corrected chi connectivity index (χ3v) is 6.16. The van der Waals surface area contributed by atoms with Crippen LogP contribution in [0.2, 0.25) is 5.02 Å². The molecule has 0 radical (unpaired) electrons. The van der Waals surface area contributed by atoms with Gasteiger partial charge in [-0.2, -0.15) is 0 Å². The van der Waals surface area contributed by atoms with Gasteiger partial charge in [0, 0.05) is 44.6 Å². The molecule has 1 aliphatic carbocycles. The molecule has 2 aromatic rings. The second kappa shape index (κ2) is 10.6. The summed E-state index contributed by atoms with van der Waals surface area (Å²) < 4.78 is 1.84. The van der Waals surface area contributed by atoms with Crippen LogP contribution in [0.1, 0.15) is 58.4 Å². The second-order valence-corrected chi connectivity index (χ2v) is 8.82. The average Bonchev–Trinajstić information content (AvgIpc) is 2.76. The molecular formula is C24H30ClN3O3. The monoisotopic (exact) mass is 443 g/mol. The molecule has 166 valence electrons. The van der Waals surface area contributed by atoms with Crippen molar-refractivity contribution in [1.29, 1.82) is 0 Å². The lowest BCUT2D eigenvalue weighted by molar-refractivity contribution is 0.0825. The van der Waals surface area contributed by atoms with Crippen LogP contribution in [0.3, 0.4) is 0 Å². The van der Waals surface area contributed by atoms with Crippen molar-refractivity contribution in [1.82, 2.24) is 14.8 Å². The normalized spacial score (nSPS) is 14.3. The van der Waals surface area contributed by atoms with Gasteiger partial charge in [0.2, 0.25) is 5.43 Å². The molecule has 31 heavy (non-hydrogen) atoms. The number of halogens is 1. The Morgan fingerprint density at radius 2 is 1.77 bits per heavy atom. The molecule has 1 fully saturated rings. The van der Waals surface area contributed by atoms with E-state index >= 15 is 0 Å². The molecule has 0 atom stereocenters. The summed E-state index contributed by atoms with van der Waals surface area (Å²) in [5.41, 5.74) is 0.423. The molecule has 6 nitrogen and oxygen atoms in total. The van der Waals surface area contributed by atoms with Crippen LogP contribution in [-0.2, 0) is 13.0 Å². The van der Waals surface area contributed by atoms with Crippen molar-refractivity contribution < 1.29 is 9.59 Å². The number of hydrogen-bond donors (Lipinski definition) is 1. The van der Waals surface area contributed by atoms with Gasteiger partial charge in [-0.15, -0.1) is 0 Å². The summed E-state index contributed by atoms with van der Waals surface area (Å²) in [6.07, 6.45) is 9.65. The van der Waals surface area contributed by atoms with E-state index in [4.69, 9.17) is 11.6 Å². The number of benzene rings is 1. The van der Waals surface area contributed by atoms with Gasteiger partial charge in [0.05, 0.1) is 0 Å². The standard InChI is InChI=1S/C24H30ClN3O3/c1-27(2)24(31)20-16-28(14-17-8-4-3-5-9-17)15-19(22(20)29)23(30)26-13-12-18-10-6-7-11-21(18)25/h6-7,10-11,15-17H,3-5,8-9,12-14H2,1-2H3,(H,26,30). The lowest BCUT2D eigenvalue weighted by atomic mass is 9.89. The van der Waals surface area contributed by atoms with Crippen LogP contribution in [0, 0.1) is 5.92 Å². The van der Waals surface area contributed by atoms with Gasteiger partial charge in [-0.1, -0.05) is 49.1 Å². The van der Waals surface area contributed by atoms with Gasteiger partial charge in [-0.3, -0.25) is 14.4 Å². The Hall–Kier alpha value is -2.60. The molecule has 1 aromatic carbocycles. The first-order valence-corrected chi connectivity index (χ1v) is 11.2. The average molecular weight is 444 g/mol. The summed E-state index contributed by atoms with van der Waals surface area (Å²) >= 11 is 6.17. The molecule has 0 aliphatic heterocycles. The number of rotatable bonds is 7. The zero-order valence-corrected chi connectivity index (χ0v) is 19.0. The fraction of sp³-hybridized carbons (Fsp3) is 0.458. The molecule has 3 rings (SSSR count). The molecule has 0 unspecified atom stereocenters. The van der Waals surface area contributed by atoms with Crippen LogP contribution < -0.4 is 10.7 Å². The summed E-state index contributed by atoms with van der Waals surface area (Å²) in [6, 6.07) is 7.46. The maximum Gasteiger partial charge on any atom is 0.258 e. The number of amides is 2. The van der Waals surface area contributed by atoms with E-state index in [0.29, 0.717) is 30.5 Å². The lowest BCUT2D eigenvalue weighted by Crippen LogP contribution is -2.36. The highest BCUT2D eigenvalue weighted by Gasteiger charge is 2.22. The Labute approximate surface area is 188 Å². The molecule has 1 saturated carbocycles. The number of hydrogen-bond acceptors (Lipinski definition) is 3. The summed E-state index contributed by atoms with van der Waals surface area (Å²) in [7, 11) is 3.20. The molecule has 0 spiro atoms. The Morgan fingerprint density at radius 3 is 2.45 bits per heavy atom. The summed E-state index contributed by atoms with van der Waals surface area (Å²) in [5, 5.41) is 3.45. The van der Waals surface area contributed by atoms with Gasteiger partial charge < -0.3 is 14.8 Å². The van der Waals surface area contributed by atoms with Gasteiger partial charge in [0.1, 0.15) is 11.1 Å². The number of nitrogens with one attached hydrogen (secondary N) is 1. The molecule has 1 heterocycles. The highest BCUT2D eigenvalue weighted by molar-refractivity contribution is 6.31. The predicted molar refractivity (Wildman–Crippen MR) is 123 cm³/mol. The highest BCUT2D eigenvalue weighted by Crippen LogP contribution is 2.25. The number of aromatic nitrogens is 1. The van der Waals surface area contributed by atoms with Gasteiger partial charge in [0.25, 0.3) is 11.8 Å². The molecule has 1 aliphatic rings. The summed E-state index contributed by atoms with van der Waals surface area (Å²) in [6.45, 7) is 1.05. The minimum Gasteiger partial charge on any atom is -0.352 e. The SMILES string of the molecule is CN(C)C(=O)c1cn(CC2CCCCC2)cc(C(=O)NCCc2ccccc2Cl)c1=O. The smallest absolute Gasteiger partial charge is 0.258 e. The number of nitrogens with zero attached hydrogens (tertiary/aromatic N) is 2. The predicted octanol–water partition coefficient (Wildman–Crippen LogP) is 3.76. The molecule has 2 amide bonds. The van der Waals surface area contributed by atoms with E-state index in [1.807, 2.05) is 22.8 Å². The van der Waals surface area contributed by atoms with Gasteiger partial charge >= 0.3 is 0 Å². The van der Waals surface area contributed by atoms with Crippen molar-refractivity contribution in [3.05, 3.63) is 68.6 Å². The van der Waals surface area contributed by atoms with Crippen molar-refractivity contribution in [2.75, 3.05) is 20.6 Å². The summed E-state index contributed by atoms with van der Waals surface area (Å²) in [5.74, 6) is -0.370. The van der Waals surface area contributed by atoms with Crippen LogP contribution in [0.15, 0.2) is 41.5 Å². The van der Waals surface area contributed by atoms with E-state index in [-0.39, 0.29) is 11.1 Å². The third-order valence-electron chi connectivity index (χ3n) is 5.79. The molecule has 1 aromatic heterocycles. The number of pyridine rings is 1. The number of carbonyl (C=O) groups is 2. The van der Waals surface area contributed by atoms with Gasteiger partial charge in [-0.05, 0) is 36.8 Å². The first kappa shape index (κ1) is 23.1. The zero-order chi connectivity index (χ0) is 22.4. The van der Waals surface area contributed by atoms with Crippen molar-refractivity contribution in [2.24, 2.45) is 5.92 Å². The minimum absolute atomic E-state index is 0.00247. The van der Waals surface area contributed by atoms with E-state index in [1.54, 1.807) is 32.6 Å². The zero-order valence-electron chi connectivity index (χ0n) is 18.2. The van der Waals surface area contributed by atoms with E-state index in [1.165, 1.54) is 24.2 Å². The molecule has 0 bridgehead atoms. The lowest BCUT2D eigenvalue weighted by Gasteiger charge is -2.23. The van der Waals surface area contributed by atoms with Crippen LogP contribution in [0.5, 0.6) is 0 Å². The fourth-order valence-corrected chi connectivity index (χ4v) is 4.30. The van der Waals surface area contributed by atoms with Crippen LogP contribution in [0.25, 0.3) is 0 Å². The first-order chi connectivity index (χ1) is 14.9. The van der Waals surface area contributed by atoms with Crippen LogP contribution in [0.4, 0.5) is 0 Å². The maximum absolute atomic E-state index is 12.9. The second-order valence-electron chi connectivity index (χ2n) is 8.41. The quantitative estimate of drug-likeness (QED) is 0.708. The summed E-state index contributed by atoms with van der Waals surface area (Å²) in [4.78, 5) is 39.7. The van der Waals surface area contributed by atoms with Crippen molar-refractivity contribution in [3.8, 4) is 0 Å². The largest absolute Gasteiger partial charge is 0.352 e. The van der Waals surface area contributed by atoms with Gasteiger partial charge in [0.15, 0.2) is 0 Å². The Balaban J connectivity index is 1.80. The van der Waals surface area contributed by atoms with Crippen molar-refractivity contribution >= 4 is 23.4 Å². The van der Waals surface area contributed by atoms with Crippen molar-refractivity contribution in [2.45, 2.75) is 45.1 Å². The van der Waals surface area contributed by atoms with Crippen LogP contribution >= 0.6 is 11.6 Å². The van der Waals surface area contributed by atoms with Crippen LogP contribution in [-0.4, -0.2) is 41.9 Å². The topological polar surface area (TPSA) is 71.4 Å². The van der Waals surface area contributed by atoms with E-state index in [9.17, 15) is 14.4 Å². The Kier molecular flexibility index (Phi) is 7.91. The van der Waals surface area contributed by atoms with E-state index < -0.39 is 17.2 Å². The molecule has 1 N–H and O–H groups in total. The third kappa shape index (κ3) is 5.97. The van der Waals surface area contributed by atoms with E-state index in [2.05, 4.69) is 5.32 Å². The van der Waals surface area contributed by atoms with Crippen molar-refractivity contribution in [3.63, 3.8) is 0 Å². The number of carbonyl (C=O) groups excluding carboxylic acids is 2. The molecular weight excluding hydrogens is 414 g/mol. The van der Waals surface area contributed by atoms with E-state index in [0.717, 1.165) is 18.4 Å². The molecule has 7 heteroatoms. The maximum atomic E-state index is 12.9.